The van der Waals surface area contributed by atoms with E-state index in [-0.39, 0.29) is 19.6 Å². The van der Waals surface area contributed by atoms with Crippen LogP contribution in [0.2, 0.25) is 0 Å². The van der Waals surface area contributed by atoms with Crippen LogP contribution in [0.3, 0.4) is 0 Å². The fraction of sp³-hybridized carbons (Fsp3) is 0.656. The lowest BCUT2D eigenvalue weighted by molar-refractivity contribution is -0.145. The van der Waals surface area contributed by atoms with Gasteiger partial charge in [-0.05, 0) is 5.53 Å². The van der Waals surface area contributed by atoms with Gasteiger partial charge in [-0.3, -0.25) is 52.7 Å². The van der Waals surface area contributed by atoms with Crippen LogP contribution in [0, 0.1) is 0 Å². The van der Waals surface area contributed by atoms with Gasteiger partial charge in [0.05, 0.1) is 64.9 Å². The lowest BCUT2D eigenvalue weighted by atomic mass is 10.1. The molecule has 318 valence electrons. The van der Waals surface area contributed by atoms with E-state index in [9.17, 15) is 52.7 Å². The maximum Gasteiger partial charge on any atom is 0.242 e. The molecule has 25 nitrogen and oxygen atoms in total. The summed E-state index contributed by atoms with van der Waals surface area (Å²) in [7, 11) is 11.8. The van der Waals surface area contributed by atoms with Crippen LogP contribution in [0.1, 0.15) is 6.42 Å². The number of hydrogen-bond acceptors (Lipinski definition) is 13. The van der Waals surface area contributed by atoms with Gasteiger partial charge in [0.2, 0.25) is 59.1 Å². The highest BCUT2D eigenvalue weighted by atomic mass is 16.2. The molecule has 0 aliphatic rings. The fourth-order valence-corrected chi connectivity index (χ4v) is 4.31. The molecule has 0 saturated heterocycles. The number of nitrogens with two attached hydrogens (primary N) is 2. The molecule has 0 bridgehead atoms. The average molecular weight is 811 g/mol. The molecule has 25 heteroatoms. The molecule has 0 rings (SSSR count). The Kier molecular flexibility index (Phi) is 21.5. The number of amides is 10. The molecule has 0 heterocycles. The zero-order valence-corrected chi connectivity index (χ0v) is 33.9. The smallest absolute Gasteiger partial charge is 0.242 e. The first kappa shape index (κ1) is 50.6. The minimum atomic E-state index is -1.34. The van der Waals surface area contributed by atoms with Crippen molar-refractivity contribution in [3.8, 4) is 0 Å². The summed E-state index contributed by atoms with van der Waals surface area (Å²) in [5.41, 5.74) is 19.3. The minimum absolute atomic E-state index is 0.338. The normalized spacial score (nSPS) is 10.8. The molecule has 1 unspecified atom stereocenters. The first-order valence-electron chi connectivity index (χ1n) is 17.1. The zero-order chi connectivity index (χ0) is 44.3. The highest BCUT2D eigenvalue weighted by Crippen LogP contribution is 2.02. The second-order valence-electron chi connectivity index (χ2n) is 13.4. The van der Waals surface area contributed by atoms with Crippen LogP contribution >= 0.6 is 0 Å². The van der Waals surface area contributed by atoms with E-state index in [2.05, 4.69) is 10.0 Å². The van der Waals surface area contributed by atoms with Crippen molar-refractivity contribution < 1.29 is 52.7 Å². The van der Waals surface area contributed by atoms with Gasteiger partial charge in [-0.1, -0.05) is 5.11 Å². The van der Waals surface area contributed by atoms with E-state index in [1.54, 1.807) is 0 Å². The molecular weight excluding hydrogens is 756 g/mol. The Morgan fingerprint density at radius 2 is 0.684 bits per heavy atom. The molecule has 0 aliphatic heterocycles. The molecule has 0 radical (unpaired) electrons. The summed E-state index contributed by atoms with van der Waals surface area (Å²) in [4.78, 5) is 148. The van der Waals surface area contributed by atoms with E-state index < -0.39 is 123 Å². The van der Waals surface area contributed by atoms with E-state index >= 15 is 0 Å². The molecule has 0 aromatic rings. The molecule has 57 heavy (non-hydrogen) atoms. The molecule has 0 aromatic carbocycles. The van der Waals surface area contributed by atoms with Crippen LogP contribution in [0.25, 0.3) is 10.4 Å². The molecular formula is C32H54N14O11. The van der Waals surface area contributed by atoms with Crippen molar-refractivity contribution in [1.29, 1.82) is 0 Å². The SMILES string of the molecule is CN(CC(N)=O)C(=O)CN(C)C(=O)CN(C)C(=O)CC(N)C(=O)CN(C)C(=O)CN(C)C(=O)CN(C)C(=O)CN(C)C(=O)CN(C)C(=O)CN(C)C(=O)CN=[N+]=[N-]. The van der Waals surface area contributed by atoms with Crippen LogP contribution in [0.15, 0.2) is 5.11 Å². The molecule has 0 aromatic heterocycles. The lowest BCUT2D eigenvalue weighted by Gasteiger charge is -2.27. The van der Waals surface area contributed by atoms with Crippen molar-refractivity contribution in [3.63, 3.8) is 0 Å². The standard InChI is InChI=1S/C32H54N14O11/c1-38(12-22(47)21(33)10-24(49)40(3)14-28(53)43(6)17-27(52)39(2)13-23(34)48)26(51)16-42(5)30(55)19-45(8)32(57)20-46(9)31(56)18-44(7)29(54)15-41(4)25(50)11-36-37-35/h21H,10-20,33H2,1-9H3,(H2,34,48). The number of Topliss-reactive ketones (excluding diaryl/α,β-unsaturated/α-hetero) is 1. The molecule has 0 spiro atoms. The maximum atomic E-state index is 12.8. The van der Waals surface area contributed by atoms with Crippen LogP contribution in [0.5, 0.6) is 0 Å². The Balaban J connectivity index is 4.89. The zero-order valence-electron chi connectivity index (χ0n) is 33.9. The van der Waals surface area contributed by atoms with Crippen molar-refractivity contribution in [2.24, 2.45) is 16.6 Å². The van der Waals surface area contributed by atoms with E-state index in [1.165, 1.54) is 63.4 Å². The predicted molar refractivity (Wildman–Crippen MR) is 200 cm³/mol. The monoisotopic (exact) mass is 810 g/mol. The minimum Gasteiger partial charge on any atom is -0.368 e. The lowest BCUT2D eigenvalue weighted by Crippen LogP contribution is -2.49. The molecule has 1 atom stereocenters. The summed E-state index contributed by atoms with van der Waals surface area (Å²) >= 11 is 0. The Morgan fingerprint density at radius 1 is 0.439 bits per heavy atom. The van der Waals surface area contributed by atoms with Gasteiger partial charge in [0, 0.05) is 74.8 Å². The summed E-state index contributed by atoms with van der Waals surface area (Å²) in [6.45, 7) is -4.35. The van der Waals surface area contributed by atoms with Crippen molar-refractivity contribution in [1.82, 2.24) is 44.1 Å². The van der Waals surface area contributed by atoms with E-state index in [1.807, 2.05) is 0 Å². The highest BCUT2D eigenvalue weighted by Gasteiger charge is 2.27. The van der Waals surface area contributed by atoms with Gasteiger partial charge in [0.15, 0.2) is 5.78 Å². The van der Waals surface area contributed by atoms with Crippen LogP contribution in [-0.2, 0) is 52.7 Å². The Morgan fingerprint density at radius 3 is 0.965 bits per heavy atom. The van der Waals surface area contributed by atoms with Crippen molar-refractivity contribution in [2.45, 2.75) is 12.5 Å². The van der Waals surface area contributed by atoms with Crippen molar-refractivity contribution in [3.05, 3.63) is 10.4 Å². The third kappa shape index (κ3) is 18.7. The number of hydrogen-bond donors (Lipinski definition) is 2. The maximum absolute atomic E-state index is 12.8. The molecule has 0 saturated carbocycles. The number of carbonyl (C=O) groups excluding carboxylic acids is 11. The van der Waals surface area contributed by atoms with E-state index in [0.717, 1.165) is 44.1 Å². The third-order valence-electron chi connectivity index (χ3n) is 8.30. The molecule has 0 fully saturated rings. The summed E-state index contributed by atoms with van der Waals surface area (Å²) < 4.78 is 0. The Hall–Kier alpha value is -6.36. The highest BCUT2D eigenvalue weighted by molar-refractivity contribution is 5.95. The van der Waals surface area contributed by atoms with Gasteiger partial charge in [-0.25, -0.2) is 0 Å². The van der Waals surface area contributed by atoms with Crippen molar-refractivity contribution in [2.75, 3.05) is 129 Å². The number of primary amides is 1. The number of rotatable bonds is 23. The van der Waals surface area contributed by atoms with Gasteiger partial charge >= 0.3 is 0 Å². The first-order valence-corrected chi connectivity index (χ1v) is 17.1. The van der Waals surface area contributed by atoms with Gasteiger partial charge in [0.1, 0.15) is 6.54 Å². The molecule has 10 amide bonds. The molecule has 4 N–H and O–H groups in total. The van der Waals surface area contributed by atoms with Gasteiger partial charge < -0.3 is 55.6 Å². The number of azide groups is 1. The van der Waals surface area contributed by atoms with Gasteiger partial charge in [0.25, 0.3) is 0 Å². The van der Waals surface area contributed by atoms with Crippen molar-refractivity contribution >= 4 is 64.9 Å². The average Bonchev–Trinajstić information content (AvgIpc) is 3.12. The summed E-state index contributed by atoms with van der Waals surface area (Å²) in [5.74, 6) is -7.00. The van der Waals surface area contributed by atoms with E-state index in [0.29, 0.717) is 0 Å². The second kappa shape index (κ2) is 24.2. The largest absolute Gasteiger partial charge is 0.368 e. The number of ketones is 1. The summed E-state index contributed by atoms with van der Waals surface area (Å²) in [6, 6.07) is -1.34. The Labute approximate surface area is 329 Å². The third-order valence-corrected chi connectivity index (χ3v) is 8.30. The first-order chi connectivity index (χ1) is 26.3. The van der Waals surface area contributed by atoms with Gasteiger partial charge in [-0.2, -0.15) is 0 Å². The predicted octanol–water partition coefficient (Wildman–Crippen LogP) is -5.81. The molecule has 0 aliphatic carbocycles. The second-order valence-corrected chi connectivity index (χ2v) is 13.4. The summed E-state index contributed by atoms with van der Waals surface area (Å²) in [6.07, 6.45) is -0.496. The quantitative estimate of drug-likeness (QED) is 0.0554. The fourth-order valence-electron chi connectivity index (χ4n) is 4.31. The number of carbonyl (C=O) groups is 11. The Bertz CT molecular complexity index is 1600. The topological polar surface area (TPSA) is 318 Å². The van der Waals surface area contributed by atoms with Crippen LogP contribution in [0.4, 0.5) is 0 Å². The van der Waals surface area contributed by atoms with E-state index in [4.69, 9.17) is 17.0 Å². The number of likely N-dealkylation sites (N-methyl/N-ethyl adjacent to an activating group) is 9. The van der Waals surface area contributed by atoms with Gasteiger partial charge in [-0.15, -0.1) is 0 Å². The number of nitrogens with zero attached hydrogens (tertiary/aromatic N) is 12. The van der Waals surface area contributed by atoms with Crippen LogP contribution in [-0.4, -0.2) is 244 Å². The van der Waals surface area contributed by atoms with Crippen LogP contribution < -0.4 is 11.5 Å². The summed E-state index contributed by atoms with van der Waals surface area (Å²) in [5, 5.41) is 3.13.